The molecule has 5 rings (SSSR count). The molecule has 0 unspecified atom stereocenters. The Hall–Kier alpha value is -2.80. The highest BCUT2D eigenvalue weighted by Gasteiger charge is 2.08. The van der Waals surface area contributed by atoms with Crippen molar-refractivity contribution in [1.82, 2.24) is 20.4 Å². The van der Waals surface area contributed by atoms with Crippen LogP contribution in [-0.2, 0) is 0 Å². The van der Waals surface area contributed by atoms with E-state index in [-0.39, 0.29) is 0 Å². The molecule has 2 aromatic heterocycles. The van der Waals surface area contributed by atoms with Crippen LogP contribution in [0.15, 0.2) is 67.2 Å². The van der Waals surface area contributed by atoms with Crippen LogP contribution in [-0.4, -0.2) is 57.5 Å². The lowest BCUT2D eigenvalue weighted by Crippen LogP contribution is -2.10. The minimum absolute atomic E-state index is 0.382. The summed E-state index contributed by atoms with van der Waals surface area (Å²) in [7, 11) is 0. The Morgan fingerprint density at radius 1 is 0.583 bits per heavy atom. The van der Waals surface area contributed by atoms with Gasteiger partial charge in [-0.25, -0.2) is 9.98 Å². The van der Waals surface area contributed by atoms with E-state index in [0.29, 0.717) is 23.5 Å². The van der Waals surface area contributed by atoms with Crippen molar-refractivity contribution in [1.29, 1.82) is 0 Å². The molecule has 0 atom stereocenters. The van der Waals surface area contributed by atoms with Gasteiger partial charge in [0.25, 0.3) is 0 Å². The molecule has 3 heterocycles. The zero-order valence-corrected chi connectivity index (χ0v) is 22.4. The Bertz CT molecular complexity index is 1240. The van der Waals surface area contributed by atoms with Gasteiger partial charge in [-0.2, -0.15) is 0 Å². The number of hydrogen-bond acceptors (Lipinski definition) is 12. The van der Waals surface area contributed by atoms with Crippen LogP contribution in [0.4, 0.5) is 10.3 Å². The van der Waals surface area contributed by atoms with Crippen molar-refractivity contribution in [2.45, 2.75) is 21.5 Å². The number of para-hydroxylation sites is 2. The lowest BCUT2D eigenvalue weighted by atomic mass is 10.2. The Kier molecular flexibility index (Phi) is 8.95. The number of fused-ring (bicyclic) bond motifs is 6. The number of aromatic nitrogens is 4. The molecule has 0 N–H and O–H groups in total. The second-order valence-corrected chi connectivity index (χ2v) is 12.0. The molecule has 8 nitrogen and oxygen atoms in total. The Labute approximate surface area is 225 Å². The van der Waals surface area contributed by atoms with Crippen molar-refractivity contribution in [3.63, 3.8) is 0 Å². The molecule has 184 valence electrons. The SMILES string of the molecule is C1=N/c2nnc(s2)SCCCCSc2nnc(s2)/N=C/c2ccccc2OCCOc2ccccc2/1. The fourth-order valence-corrected chi connectivity index (χ4v) is 6.65. The number of ether oxygens (including phenoxy) is 2. The summed E-state index contributed by atoms with van der Waals surface area (Å²) in [4.78, 5) is 9.03. The van der Waals surface area contributed by atoms with E-state index in [1.807, 2.05) is 48.5 Å². The molecular weight excluding hydrogens is 533 g/mol. The molecule has 36 heavy (non-hydrogen) atoms. The van der Waals surface area contributed by atoms with Crippen molar-refractivity contribution >= 4 is 68.9 Å². The largest absolute Gasteiger partial charge is 0.489 e. The second-order valence-electron chi connectivity index (χ2n) is 7.39. The molecule has 4 bridgehead atoms. The van der Waals surface area contributed by atoms with Crippen molar-refractivity contribution < 1.29 is 9.47 Å². The van der Waals surface area contributed by atoms with E-state index < -0.39 is 0 Å². The first-order valence-corrected chi connectivity index (χ1v) is 14.9. The summed E-state index contributed by atoms with van der Waals surface area (Å²) < 4.78 is 13.8. The van der Waals surface area contributed by atoms with Crippen LogP contribution >= 0.6 is 46.2 Å². The Morgan fingerprint density at radius 3 is 1.56 bits per heavy atom. The van der Waals surface area contributed by atoms with Gasteiger partial charge >= 0.3 is 0 Å². The summed E-state index contributed by atoms with van der Waals surface area (Å²) in [5.74, 6) is 3.45. The standard InChI is InChI=1S/C24H22N6O2S4/c1-3-9-19-17(7-1)15-25-21-27-29-23(35-21)33-13-5-6-14-34-24-30-28-22(36-24)26-16-18-8-2-4-10-20(18)32-12-11-31-19/h1-4,7-10,15-16H,5-6,11-14H2/b25-15+,26-16+. The molecule has 0 saturated heterocycles. The average Bonchev–Trinajstić information content (AvgIpc) is 3.56. The molecule has 1 aliphatic rings. The smallest absolute Gasteiger partial charge is 0.232 e. The first kappa shape index (κ1) is 24.9. The van der Waals surface area contributed by atoms with Crippen LogP contribution in [0.25, 0.3) is 0 Å². The molecule has 0 saturated carbocycles. The van der Waals surface area contributed by atoms with Gasteiger partial charge in [0.2, 0.25) is 10.3 Å². The maximum atomic E-state index is 5.99. The first-order valence-electron chi connectivity index (χ1n) is 11.3. The summed E-state index contributed by atoms with van der Waals surface area (Å²) >= 11 is 6.42. The molecule has 1 aliphatic heterocycles. The Balaban J connectivity index is 1.32. The van der Waals surface area contributed by atoms with Crippen molar-refractivity contribution in [3.8, 4) is 11.5 Å². The lowest BCUT2D eigenvalue weighted by molar-refractivity contribution is 0.217. The number of benzene rings is 2. The normalized spacial score (nSPS) is 16.9. The monoisotopic (exact) mass is 554 g/mol. The number of thioether (sulfide) groups is 2. The van der Waals surface area contributed by atoms with Crippen molar-refractivity contribution in [2.75, 3.05) is 24.7 Å². The van der Waals surface area contributed by atoms with Crippen LogP contribution in [0.1, 0.15) is 24.0 Å². The van der Waals surface area contributed by atoms with Gasteiger partial charge in [0.05, 0.1) is 0 Å². The van der Waals surface area contributed by atoms with E-state index in [4.69, 9.17) is 9.47 Å². The second kappa shape index (κ2) is 12.9. The van der Waals surface area contributed by atoms with Crippen molar-refractivity contribution in [3.05, 3.63) is 59.7 Å². The fourth-order valence-electron chi connectivity index (χ4n) is 3.14. The lowest BCUT2D eigenvalue weighted by Gasteiger charge is -2.11. The molecule has 4 aromatic rings. The van der Waals surface area contributed by atoms with Gasteiger partial charge in [-0.1, -0.05) is 70.5 Å². The third kappa shape index (κ3) is 7.12. The van der Waals surface area contributed by atoms with Crippen LogP contribution in [0.5, 0.6) is 11.5 Å². The van der Waals surface area contributed by atoms with Gasteiger partial charge in [0.15, 0.2) is 8.68 Å². The highest BCUT2D eigenvalue weighted by Crippen LogP contribution is 2.30. The highest BCUT2D eigenvalue weighted by atomic mass is 32.2. The summed E-state index contributed by atoms with van der Waals surface area (Å²) in [5.41, 5.74) is 1.75. The molecule has 0 fully saturated rings. The molecule has 2 aromatic carbocycles. The van der Waals surface area contributed by atoms with E-state index in [1.165, 1.54) is 22.7 Å². The molecule has 0 radical (unpaired) electrons. The molecular formula is C24H22N6O2S4. The van der Waals surface area contributed by atoms with Gasteiger partial charge < -0.3 is 9.47 Å². The number of nitrogens with zero attached hydrogens (tertiary/aromatic N) is 6. The summed E-state index contributed by atoms with van der Waals surface area (Å²) in [6.07, 6.45) is 5.71. The zero-order valence-electron chi connectivity index (χ0n) is 19.1. The van der Waals surface area contributed by atoms with E-state index in [0.717, 1.165) is 55.7 Å². The topological polar surface area (TPSA) is 94.7 Å². The van der Waals surface area contributed by atoms with E-state index in [1.54, 1.807) is 36.0 Å². The van der Waals surface area contributed by atoms with E-state index >= 15 is 0 Å². The predicted octanol–water partition coefficient (Wildman–Crippen LogP) is 6.33. The van der Waals surface area contributed by atoms with Gasteiger partial charge in [-0.05, 0) is 37.1 Å². The number of aliphatic imine (C=N–C) groups is 2. The van der Waals surface area contributed by atoms with Crippen LogP contribution in [0.2, 0.25) is 0 Å². The first-order chi connectivity index (χ1) is 17.8. The van der Waals surface area contributed by atoms with E-state index in [9.17, 15) is 0 Å². The minimum Gasteiger partial charge on any atom is -0.489 e. The molecule has 0 spiro atoms. The summed E-state index contributed by atoms with van der Waals surface area (Å²) in [6, 6.07) is 15.5. The van der Waals surface area contributed by atoms with Gasteiger partial charge in [-0.15, -0.1) is 20.4 Å². The van der Waals surface area contributed by atoms with Gasteiger partial charge in [0, 0.05) is 35.1 Å². The minimum atomic E-state index is 0.382. The van der Waals surface area contributed by atoms with Crippen LogP contribution < -0.4 is 9.47 Å². The quantitative estimate of drug-likeness (QED) is 0.249. The molecule has 12 heteroatoms. The molecule has 0 amide bonds. The maximum absolute atomic E-state index is 5.99. The Morgan fingerprint density at radius 2 is 1.06 bits per heavy atom. The number of hydrogen-bond donors (Lipinski definition) is 0. The fraction of sp³-hybridized carbons (Fsp3) is 0.250. The third-order valence-electron chi connectivity index (χ3n) is 4.85. The zero-order chi connectivity index (χ0) is 24.4. The summed E-state index contributed by atoms with van der Waals surface area (Å²) in [5, 5.41) is 18.2. The maximum Gasteiger partial charge on any atom is 0.232 e. The van der Waals surface area contributed by atoms with Gasteiger partial charge in [0.1, 0.15) is 24.7 Å². The van der Waals surface area contributed by atoms with Gasteiger partial charge in [-0.3, -0.25) is 0 Å². The highest BCUT2D eigenvalue weighted by molar-refractivity contribution is 8.01. The predicted molar refractivity (Wildman–Crippen MR) is 149 cm³/mol. The number of rotatable bonds is 0. The van der Waals surface area contributed by atoms with Crippen LogP contribution in [0, 0.1) is 0 Å². The summed E-state index contributed by atoms with van der Waals surface area (Å²) in [6.45, 7) is 0.764. The van der Waals surface area contributed by atoms with Crippen LogP contribution in [0.3, 0.4) is 0 Å². The van der Waals surface area contributed by atoms with E-state index in [2.05, 4.69) is 30.4 Å². The molecule has 0 aliphatic carbocycles. The van der Waals surface area contributed by atoms with Crippen molar-refractivity contribution in [2.24, 2.45) is 9.98 Å². The third-order valence-corrected chi connectivity index (χ3v) is 8.95. The average molecular weight is 555 g/mol.